The Kier molecular flexibility index (Phi) is 5.73. The maximum Gasteiger partial charge on any atom is 0.404 e. The normalized spacial score (nSPS) is 15.5. The lowest BCUT2D eigenvalue weighted by Gasteiger charge is -2.30. The van der Waals surface area contributed by atoms with Gasteiger partial charge in [-0.15, -0.1) is 10.2 Å². The number of benzene rings is 1. The molecule has 0 radical (unpaired) electrons. The first-order valence-electron chi connectivity index (χ1n) is 8.59. The van der Waals surface area contributed by atoms with Gasteiger partial charge in [0.2, 0.25) is 10.0 Å². The topological polar surface area (TPSA) is 75.2 Å². The average Bonchev–Trinajstić information content (AvgIpc) is 2.61. The van der Waals surface area contributed by atoms with E-state index in [2.05, 4.69) is 10.2 Å². The predicted molar refractivity (Wildman–Crippen MR) is 97.0 cm³/mol. The Labute approximate surface area is 159 Å². The van der Waals surface area contributed by atoms with Gasteiger partial charge in [-0.2, -0.15) is 13.2 Å². The van der Waals surface area contributed by atoms with Crippen LogP contribution in [0.25, 0.3) is 11.3 Å². The molecule has 28 heavy (non-hydrogen) atoms. The molecule has 6 nitrogen and oxygen atoms in total. The number of hydrogen-bond donors (Lipinski definition) is 1. The summed E-state index contributed by atoms with van der Waals surface area (Å²) in [6.07, 6.45) is -1.78. The van der Waals surface area contributed by atoms with Crippen LogP contribution in [0.4, 0.5) is 29.1 Å². The summed E-state index contributed by atoms with van der Waals surface area (Å²) in [6, 6.07) is 6.89. The van der Waals surface area contributed by atoms with E-state index in [9.17, 15) is 26.0 Å². The summed E-state index contributed by atoms with van der Waals surface area (Å²) in [5.41, 5.74) is 1.62. The van der Waals surface area contributed by atoms with E-state index in [1.165, 1.54) is 24.3 Å². The lowest BCUT2D eigenvalue weighted by molar-refractivity contribution is -0.106. The Morgan fingerprint density at radius 3 is 2.36 bits per heavy atom. The molecule has 0 unspecified atom stereocenters. The van der Waals surface area contributed by atoms with Gasteiger partial charge in [0.25, 0.3) is 0 Å². The quantitative estimate of drug-likeness (QED) is 0.752. The molecule has 11 heteroatoms. The molecule has 2 aromatic rings. The number of nitrogens with one attached hydrogen (secondary N) is 1. The fraction of sp³-hybridized carbons (Fsp3) is 0.412. The van der Waals surface area contributed by atoms with Gasteiger partial charge in [-0.05, 0) is 49.6 Å². The zero-order valence-electron chi connectivity index (χ0n) is 14.7. The van der Waals surface area contributed by atoms with Crippen molar-refractivity contribution in [3.8, 4) is 11.3 Å². The molecule has 3 rings (SSSR count). The minimum Gasteiger partial charge on any atom is -0.371 e. The van der Waals surface area contributed by atoms with Crippen molar-refractivity contribution in [1.29, 1.82) is 0 Å². The minimum absolute atomic E-state index is 0.324. The van der Waals surface area contributed by atoms with Crippen molar-refractivity contribution < 1.29 is 26.0 Å². The SMILES string of the molecule is O=S(=O)(CC(F)(F)F)Nc1ccc(-c2ccc(F)cc2N2CCCCC2)nn1. The molecule has 1 fully saturated rings. The minimum atomic E-state index is -4.86. The highest BCUT2D eigenvalue weighted by Gasteiger charge is 2.35. The summed E-state index contributed by atoms with van der Waals surface area (Å²) in [4.78, 5) is 2.05. The molecule has 1 aromatic carbocycles. The fourth-order valence-corrected chi connectivity index (χ4v) is 3.99. The third kappa shape index (κ3) is 5.31. The monoisotopic (exact) mass is 418 g/mol. The Morgan fingerprint density at radius 1 is 1.04 bits per heavy atom. The van der Waals surface area contributed by atoms with E-state index in [1.807, 2.05) is 4.90 Å². The average molecular weight is 418 g/mol. The molecule has 1 aromatic heterocycles. The molecule has 152 valence electrons. The Morgan fingerprint density at radius 2 is 1.75 bits per heavy atom. The number of sulfonamides is 1. The molecule has 1 N–H and O–H groups in total. The van der Waals surface area contributed by atoms with Crippen LogP contribution >= 0.6 is 0 Å². The Balaban J connectivity index is 1.84. The number of alkyl halides is 3. The first-order chi connectivity index (χ1) is 13.1. The van der Waals surface area contributed by atoms with E-state index < -0.39 is 27.8 Å². The van der Waals surface area contributed by atoms with Gasteiger partial charge in [0.1, 0.15) is 5.82 Å². The summed E-state index contributed by atoms with van der Waals surface area (Å²) >= 11 is 0. The number of piperidine rings is 1. The number of hydrogen-bond acceptors (Lipinski definition) is 5. The standard InChI is InChI=1S/C17H18F4N4O2S/c18-12-4-5-13(15(10-12)25-8-2-1-3-9-25)14-6-7-16(23-22-14)24-28(26,27)11-17(19,20)21/h4-7,10H,1-3,8-9,11H2,(H,23,24). The van der Waals surface area contributed by atoms with Gasteiger partial charge in [-0.3, -0.25) is 4.72 Å². The second kappa shape index (κ2) is 7.90. The zero-order chi connectivity index (χ0) is 20.4. The third-order valence-corrected chi connectivity index (χ3v) is 5.44. The van der Waals surface area contributed by atoms with Crippen LogP contribution < -0.4 is 9.62 Å². The van der Waals surface area contributed by atoms with Gasteiger partial charge in [0.05, 0.1) is 5.69 Å². The number of anilines is 2. The summed E-state index contributed by atoms with van der Waals surface area (Å²) < 4.78 is 75.5. The zero-order valence-corrected chi connectivity index (χ0v) is 15.5. The van der Waals surface area contributed by atoms with Crippen molar-refractivity contribution in [2.45, 2.75) is 25.4 Å². The van der Waals surface area contributed by atoms with Gasteiger partial charge < -0.3 is 4.90 Å². The van der Waals surface area contributed by atoms with E-state index in [4.69, 9.17) is 0 Å². The van der Waals surface area contributed by atoms with Gasteiger partial charge in [0, 0.05) is 24.3 Å². The van der Waals surface area contributed by atoms with Gasteiger partial charge in [-0.1, -0.05) is 0 Å². The summed E-state index contributed by atoms with van der Waals surface area (Å²) in [6.45, 7) is 1.55. The van der Waals surface area contributed by atoms with Crippen LogP contribution in [0, 0.1) is 5.82 Å². The summed E-state index contributed by atoms with van der Waals surface area (Å²) in [5.74, 6) is -2.73. The number of aromatic nitrogens is 2. The highest BCUT2D eigenvalue weighted by molar-refractivity contribution is 7.92. The summed E-state index contributed by atoms with van der Waals surface area (Å²) in [5, 5.41) is 7.57. The molecular formula is C17H18F4N4O2S. The Bertz CT molecular complexity index is 927. The number of rotatable bonds is 5. The van der Waals surface area contributed by atoms with Crippen LogP contribution in [-0.2, 0) is 10.0 Å². The molecule has 1 aliphatic rings. The molecule has 0 atom stereocenters. The molecule has 0 spiro atoms. The van der Waals surface area contributed by atoms with E-state index in [0.717, 1.165) is 32.4 Å². The van der Waals surface area contributed by atoms with Crippen LogP contribution in [-0.4, -0.2) is 43.6 Å². The third-order valence-electron chi connectivity index (χ3n) is 4.21. The number of nitrogens with zero attached hydrogens (tertiary/aromatic N) is 3. The van der Waals surface area contributed by atoms with Crippen LogP contribution in [0.15, 0.2) is 30.3 Å². The van der Waals surface area contributed by atoms with Crippen LogP contribution in [0.3, 0.4) is 0 Å². The van der Waals surface area contributed by atoms with Crippen molar-refractivity contribution in [1.82, 2.24) is 10.2 Å². The molecule has 0 aliphatic carbocycles. The maximum atomic E-state index is 13.8. The van der Waals surface area contributed by atoms with Crippen LogP contribution in [0.5, 0.6) is 0 Å². The van der Waals surface area contributed by atoms with Crippen molar-refractivity contribution in [3.05, 3.63) is 36.1 Å². The van der Waals surface area contributed by atoms with Crippen molar-refractivity contribution in [2.75, 3.05) is 28.5 Å². The highest BCUT2D eigenvalue weighted by atomic mass is 32.2. The summed E-state index contributed by atoms with van der Waals surface area (Å²) in [7, 11) is -4.64. The van der Waals surface area contributed by atoms with Gasteiger partial charge in [0.15, 0.2) is 11.6 Å². The van der Waals surface area contributed by atoms with Gasteiger partial charge >= 0.3 is 6.18 Å². The molecule has 0 amide bonds. The molecular weight excluding hydrogens is 400 g/mol. The Hall–Kier alpha value is -2.43. The molecule has 0 bridgehead atoms. The largest absolute Gasteiger partial charge is 0.404 e. The first kappa shape index (κ1) is 20.3. The second-order valence-electron chi connectivity index (χ2n) is 6.49. The highest BCUT2D eigenvalue weighted by Crippen LogP contribution is 2.32. The second-order valence-corrected chi connectivity index (χ2v) is 8.21. The molecule has 0 saturated carbocycles. The van der Waals surface area contributed by atoms with E-state index in [1.54, 1.807) is 10.8 Å². The van der Waals surface area contributed by atoms with E-state index in [-0.39, 0.29) is 5.82 Å². The lowest BCUT2D eigenvalue weighted by atomic mass is 10.0. The maximum absolute atomic E-state index is 13.8. The molecule has 1 aliphatic heterocycles. The van der Waals surface area contributed by atoms with Crippen LogP contribution in [0.2, 0.25) is 0 Å². The number of halogens is 4. The van der Waals surface area contributed by atoms with Crippen molar-refractivity contribution in [3.63, 3.8) is 0 Å². The van der Waals surface area contributed by atoms with Crippen molar-refractivity contribution in [2.24, 2.45) is 0 Å². The van der Waals surface area contributed by atoms with E-state index >= 15 is 0 Å². The molecule has 1 saturated heterocycles. The predicted octanol–water partition coefficient (Wildman–Crippen LogP) is 3.58. The lowest BCUT2D eigenvalue weighted by Crippen LogP contribution is -2.30. The fourth-order valence-electron chi connectivity index (χ4n) is 3.06. The van der Waals surface area contributed by atoms with E-state index in [0.29, 0.717) is 16.9 Å². The van der Waals surface area contributed by atoms with Crippen molar-refractivity contribution >= 4 is 21.5 Å². The van der Waals surface area contributed by atoms with Gasteiger partial charge in [-0.25, -0.2) is 12.8 Å². The van der Waals surface area contributed by atoms with Crippen LogP contribution in [0.1, 0.15) is 19.3 Å². The molecule has 2 heterocycles. The smallest absolute Gasteiger partial charge is 0.371 e. The first-order valence-corrected chi connectivity index (χ1v) is 10.2.